The minimum absolute atomic E-state index is 0.0242. The van der Waals surface area contributed by atoms with Crippen molar-refractivity contribution in [1.29, 1.82) is 0 Å². The third kappa shape index (κ3) is 4.48. The van der Waals surface area contributed by atoms with Gasteiger partial charge in [0.05, 0.1) is 13.7 Å². The van der Waals surface area contributed by atoms with Crippen molar-refractivity contribution in [2.24, 2.45) is 0 Å². The Balaban J connectivity index is 1.86. The van der Waals surface area contributed by atoms with E-state index in [1.165, 1.54) is 24.1 Å². The molecule has 10 heteroatoms. The van der Waals surface area contributed by atoms with Gasteiger partial charge in [0.2, 0.25) is 5.91 Å². The average Bonchev–Trinajstić information content (AvgIpc) is 2.99. The van der Waals surface area contributed by atoms with Gasteiger partial charge in [0.25, 0.3) is 0 Å². The number of benzene rings is 2. The Hall–Kier alpha value is -3.27. The lowest BCUT2D eigenvalue weighted by atomic mass is 9.93. The maximum atomic E-state index is 14.6. The van der Waals surface area contributed by atoms with Crippen LogP contribution < -0.4 is 15.4 Å². The van der Waals surface area contributed by atoms with Crippen molar-refractivity contribution in [2.45, 2.75) is 12.0 Å². The molecule has 0 aliphatic carbocycles. The van der Waals surface area contributed by atoms with E-state index in [-0.39, 0.29) is 36.7 Å². The second-order valence-corrected chi connectivity index (χ2v) is 6.70. The molecule has 1 aliphatic heterocycles. The highest BCUT2D eigenvalue weighted by molar-refractivity contribution is 5.95. The van der Waals surface area contributed by atoms with E-state index < -0.39 is 41.3 Å². The van der Waals surface area contributed by atoms with E-state index in [1.54, 1.807) is 0 Å². The number of nitrogens with zero attached hydrogens (tertiary/aromatic N) is 1. The number of rotatable bonds is 6. The zero-order chi connectivity index (χ0) is 21.8. The molecule has 0 radical (unpaired) electrons. The van der Waals surface area contributed by atoms with Crippen LogP contribution in [0.2, 0.25) is 0 Å². The van der Waals surface area contributed by atoms with Crippen LogP contribution in [0.25, 0.3) is 0 Å². The van der Waals surface area contributed by atoms with Crippen molar-refractivity contribution in [2.75, 3.05) is 32.1 Å². The first-order valence-corrected chi connectivity index (χ1v) is 9.09. The highest BCUT2D eigenvalue weighted by atomic mass is 19.1. The number of aliphatic hydroxyl groups excluding tert-OH is 1. The zero-order valence-corrected chi connectivity index (χ0v) is 16.0. The van der Waals surface area contributed by atoms with Crippen molar-refractivity contribution < 1.29 is 32.6 Å². The van der Waals surface area contributed by atoms with Gasteiger partial charge in [0, 0.05) is 42.4 Å². The van der Waals surface area contributed by atoms with Gasteiger partial charge < -0.3 is 25.4 Å². The molecule has 1 heterocycles. The number of aliphatic hydroxyl groups is 1. The summed E-state index contributed by atoms with van der Waals surface area (Å²) < 4.78 is 47.1. The molecule has 2 aromatic carbocycles. The Bertz CT molecular complexity index is 916. The average molecular weight is 423 g/mol. The molecule has 1 fully saturated rings. The zero-order valence-electron chi connectivity index (χ0n) is 16.0. The number of hydrogen-bond acceptors (Lipinski definition) is 4. The van der Waals surface area contributed by atoms with E-state index >= 15 is 0 Å². The summed E-state index contributed by atoms with van der Waals surface area (Å²) in [4.78, 5) is 26.3. The molecule has 3 amide bonds. The number of anilines is 1. The van der Waals surface area contributed by atoms with E-state index in [0.29, 0.717) is 0 Å². The van der Waals surface area contributed by atoms with Crippen molar-refractivity contribution in [3.63, 3.8) is 0 Å². The third-order valence-electron chi connectivity index (χ3n) is 4.81. The number of ether oxygens (including phenoxy) is 1. The normalized spacial score (nSPS) is 18.4. The second kappa shape index (κ2) is 9.04. The minimum atomic E-state index is -1.27. The fourth-order valence-electron chi connectivity index (χ4n) is 3.42. The van der Waals surface area contributed by atoms with Gasteiger partial charge in [-0.15, -0.1) is 0 Å². The first kappa shape index (κ1) is 21.4. The SMILES string of the molecule is COc1cc(F)c(C2CN(CCO)C(=O)C2NC(=O)Nc2ccc(F)cc2)c(F)c1. The number of β-amino-alcohol motifs (C(OH)–C–C–N with tert-alkyl or cyclic N) is 1. The fourth-order valence-corrected chi connectivity index (χ4v) is 3.42. The Kier molecular flexibility index (Phi) is 6.46. The number of carbonyl (C=O) groups is 2. The molecule has 3 rings (SSSR count). The highest BCUT2D eigenvalue weighted by Crippen LogP contribution is 2.34. The summed E-state index contributed by atoms with van der Waals surface area (Å²) in [5.74, 6) is -3.96. The van der Waals surface area contributed by atoms with Gasteiger partial charge in [-0.3, -0.25) is 4.79 Å². The lowest BCUT2D eigenvalue weighted by Crippen LogP contribution is -2.45. The molecular weight excluding hydrogens is 403 g/mol. The van der Waals surface area contributed by atoms with Crippen LogP contribution in [0.1, 0.15) is 11.5 Å². The number of nitrogens with one attached hydrogen (secondary N) is 2. The Labute approximate surface area is 170 Å². The standard InChI is InChI=1S/C20H20F3N3O4/c1-30-13-8-15(22)17(16(23)9-13)14-10-26(6-7-27)19(28)18(14)25-20(29)24-12-4-2-11(21)3-5-12/h2-5,8-9,14,18,27H,6-7,10H2,1H3,(H2,24,25,29). The molecule has 1 saturated heterocycles. The van der Waals surface area contributed by atoms with Crippen molar-refractivity contribution >= 4 is 17.6 Å². The van der Waals surface area contributed by atoms with Gasteiger partial charge in [0.15, 0.2) is 0 Å². The summed E-state index contributed by atoms with van der Waals surface area (Å²) in [6.45, 7) is -0.492. The summed E-state index contributed by atoms with van der Waals surface area (Å²) in [5, 5.41) is 14.0. The van der Waals surface area contributed by atoms with Gasteiger partial charge in [-0.1, -0.05) is 0 Å². The Morgan fingerprint density at radius 2 is 1.83 bits per heavy atom. The summed E-state index contributed by atoms with van der Waals surface area (Å²) >= 11 is 0. The van der Waals surface area contributed by atoms with Crippen molar-refractivity contribution in [3.05, 3.63) is 59.4 Å². The van der Waals surface area contributed by atoms with Gasteiger partial charge in [-0.2, -0.15) is 0 Å². The summed E-state index contributed by atoms with van der Waals surface area (Å²) in [6.07, 6.45) is 0. The first-order valence-electron chi connectivity index (χ1n) is 9.09. The molecule has 0 spiro atoms. The monoisotopic (exact) mass is 423 g/mol. The molecular formula is C20H20F3N3O4. The van der Waals surface area contributed by atoms with Crippen LogP contribution in [0, 0.1) is 17.5 Å². The number of halogens is 3. The topological polar surface area (TPSA) is 90.9 Å². The number of amides is 3. The lowest BCUT2D eigenvalue weighted by Gasteiger charge is -2.20. The molecule has 2 atom stereocenters. The van der Waals surface area contributed by atoms with E-state index in [1.807, 2.05) is 0 Å². The van der Waals surface area contributed by atoms with Gasteiger partial charge >= 0.3 is 6.03 Å². The Morgan fingerprint density at radius 1 is 1.20 bits per heavy atom. The number of likely N-dealkylation sites (tertiary alicyclic amines) is 1. The quantitative estimate of drug-likeness (QED) is 0.665. The molecule has 2 aromatic rings. The van der Waals surface area contributed by atoms with Crippen LogP contribution in [0.4, 0.5) is 23.7 Å². The van der Waals surface area contributed by atoms with E-state index in [0.717, 1.165) is 24.3 Å². The molecule has 2 unspecified atom stereocenters. The minimum Gasteiger partial charge on any atom is -0.497 e. The van der Waals surface area contributed by atoms with E-state index in [9.17, 15) is 27.9 Å². The Morgan fingerprint density at radius 3 is 2.40 bits per heavy atom. The summed E-state index contributed by atoms with van der Waals surface area (Å²) in [5.41, 5.74) is -0.0957. The first-order chi connectivity index (χ1) is 14.3. The van der Waals surface area contributed by atoms with Crippen LogP contribution in [0.5, 0.6) is 5.75 Å². The maximum Gasteiger partial charge on any atom is 0.319 e. The number of hydrogen-bond donors (Lipinski definition) is 3. The van der Waals surface area contributed by atoms with Crippen molar-refractivity contribution in [3.8, 4) is 5.75 Å². The number of methoxy groups -OCH3 is 1. The number of urea groups is 1. The molecule has 0 bridgehead atoms. The van der Waals surface area contributed by atoms with Crippen LogP contribution in [0.15, 0.2) is 36.4 Å². The van der Waals surface area contributed by atoms with Crippen LogP contribution in [-0.4, -0.2) is 54.8 Å². The van der Waals surface area contributed by atoms with Crippen LogP contribution in [-0.2, 0) is 4.79 Å². The smallest absolute Gasteiger partial charge is 0.319 e. The van der Waals surface area contributed by atoms with Crippen LogP contribution >= 0.6 is 0 Å². The maximum absolute atomic E-state index is 14.6. The lowest BCUT2D eigenvalue weighted by molar-refractivity contribution is -0.129. The summed E-state index contributed by atoms with van der Waals surface area (Å²) in [7, 11) is 1.26. The van der Waals surface area contributed by atoms with E-state index in [2.05, 4.69) is 10.6 Å². The summed E-state index contributed by atoms with van der Waals surface area (Å²) in [6, 6.07) is 4.85. The third-order valence-corrected chi connectivity index (χ3v) is 4.81. The van der Waals surface area contributed by atoms with E-state index in [4.69, 9.17) is 4.74 Å². The molecule has 3 N–H and O–H groups in total. The van der Waals surface area contributed by atoms with Gasteiger partial charge in [-0.25, -0.2) is 18.0 Å². The van der Waals surface area contributed by atoms with Crippen molar-refractivity contribution in [1.82, 2.24) is 10.2 Å². The fraction of sp³-hybridized carbons (Fsp3) is 0.300. The molecule has 7 nitrogen and oxygen atoms in total. The highest BCUT2D eigenvalue weighted by Gasteiger charge is 2.44. The molecule has 0 saturated carbocycles. The molecule has 0 aromatic heterocycles. The predicted molar refractivity (Wildman–Crippen MR) is 102 cm³/mol. The predicted octanol–water partition coefficient (Wildman–Crippen LogP) is 2.22. The van der Waals surface area contributed by atoms with Gasteiger partial charge in [0.1, 0.15) is 29.2 Å². The van der Waals surface area contributed by atoms with Crippen LogP contribution in [0.3, 0.4) is 0 Å². The molecule has 1 aliphatic rings. The molecule has 160 valence electrons. The largest absolute Gasteiger partial charge is 0.497 e. The second-order valence-electron chi connectivity index (χ2n) is 6.70. The van der Waals surface area contributed by atoms with Gasteiger partial charge in [-0.05, 0) is 24.3 Å². The molecule has 30 heavy (non-hydrogen) atoms. The number of carbonyl (C=O) groups excluding carboxylic acids is 2.